The molecule has 0 spiro atoms. The number of nitrogens with zero attached hydrogens (tertiary/aromatic N) is 5. The van der Waals surface area contributed by atoms with E-state index < -0.39 is 0 Å². The molecule has 4 aromatic rings. The van der Waals surface area contributed by atoms with Gasteiger partial charge in [0.15, 0.2) is 17.3 Å². The lowest BCUT2D eigenvalue weighted by molar-refractivity contribution is 0.413. The van der Waals surface area contributed by atoms with Crippen LogP contribution >= 0.6 is 0 Å². The summed E-state index contributed by atoms with van der Waals surface area (Å²) in [6.45, 7) is 7.69. The lowest BCUT2D eigenvalue weighted by atomic mass is 10.1. The molecule has 8 heteroatoms. The Labute approximate surface area is 161 Å². The van der Waals surface area contributed by atoms with Crippen molar-refractivity contribution in [3.8, 4) is 23.1 Å². The molecule has 0 amide bonds. The highest BCUT2D eigenvalue weighted by molar-refractivity contribution is 5.73. The van der Waals surface area contributed by atoms with Gasteiger partial charge in [-0.1, -0.05) is 0 Å². The number of oxazole rings is 1. The van der Waals surface area contributed by atoms with Crippen LogP contribution in [0, 0.1) is 13.8 Å². The average Bonchev–Trinajstić information content (AvgIpc) is 3.23. The molecule has 0 saturated carbocycles. The molecule has 0 radical (unpaired) electrons. The van der Waals surface area contributed by atoms with E-state index in [1.807, 2.05) is 52.0 Å². The Balaban J connectivity index is 1.70. The second-order valence-electron chi connectivity index (χ2n) is 6.95. The third kappa shape index (κ3) is 2.96. The number of hydrogen-bond acceptors (Lipinski definition) is 6. The first kappa shape index (κ1) is 18.0. The van der Waals surface area contributed by atoms with Gasteiger partial charge in [0.25, 0.3) is 5.56 Å². The Kier molecular flexibility index (Phi) is 4.26. The number of aromatic nitrogens is 5. The first-order valence-corrected chi connectivity index (χ1v) is 9.01. The summed E-state index contributed by atoms with van der Waals surface area (Å²) in [6, 6.07) is 7.68. The Hall–Kier alpha value is -3.42. The topological polar surface area (TPSA) is 88.0 Å². The minimum absolute atomic E-state index is 0.0813. The van der Waals surface area contributed by atoms with Crippen LogP contribution in [0.4, 0.5) is 0 Å². The van der Waals surface area contributed by atoms with Gasteiger partial charge in [0, 0.05) is 25.6 Å². The van der Waals surface area contributed by atoms with Crippen LogP contribution in [0.2, 0.25) is 0 Å². The van der Waals surface area contributed by atoms with E-state index >= 15 is 0 Å². The van der Waals surface area contributed by atoms with Crippen molar-refractivity contribution in [1.82, 2.24) is 24.3 Å². The molecule has 0 fully saturated rings. The van der Waals surface area contributed by atoms with Gasteiger partial charge in [0.05, 0.1) is 11.9 Å². The normalized spacial score (nSPS) is 11.5. The van der Waals surface area contributed by atoms with Crippen molar-refractivity contribution in [2.24, 2.45) is 7.05 Å². The van der Waals surface area contributed by atoms with Gasteiger partial charge in [-0.05, 0) is 45.0 Å². The van der Waals surface area contributed by atoms with E-state index in [0.717, 1.165) is 17.0 Å². The van der Waals surface area contributed by atoms with Crippen LogP contribution < -0.4 is 10.3 Å². The number of aryl methyl sites for hydroxylation is 2. The third-order valence-corrected chi connectivity index (χ3v) is 4.51. The van der Waals surface area contributed by atoms with Crippen LogP contribution in [0.1, 0.15) is 31.5 Å². The smallest absolute Gasteiger partial charge is 0.306 e. The Morgan fingerprint density at radius 2 is 1.82 bits per heavy atom. The fourth-order valence-electron chi connectivity index (χ4n) is 3.10. The van der Waals surface area contributed by atoms with Gasteiger partial charge in [0.2, 0.25) is 0 Å². The van der Waals surface area contributed by atoms with Gasteiger partial charge in [-0.2, -0.15) is 10.1 Å². The van der Waals surface area contributed by atoms with Gasteiger partial charge in [-0.15, -0.1) is 0 Å². The zero-order valence-corrected chi connectivity index (χ0v) is 16.4. The Bertz CT molecular complexity index is 1220. The van der Waals surface area contributed by atoms with E-state index in [4.69, 9.17) is 9.15 Å². The van der Waals surface area contributed by atoms with E-state index in [-0.39, 0.29) is 17.6 Å². The lowest BCUT2D eigenvalue weighted by Gasteiger charge is -2.11. The number of ether oxygens (including phenoxy) is 1. The molecule has 0 aliphatic carbocycles. The van der Waals surface area contributed by atoms with Crippen LogP contribution in [-0.2, 0) is 7.05 Å². The predicted molar refractivity (Wildman–Crippen MR) is 105 cm³/mol. The van der Waals surface area contributed by atoms with E-state index in [1.54, 1.807) is 17.9 Å². The maximum absolute atomic E-state index is 12.6. The van der Waals surface area contributed by atoms with Gasteiger partial charge < -0.3 is 9.15 Å². The van der Waals surface area contributed by atoms with E-state index in [2.05, 4.69) is 15.1 Å². The molecule has 0 N–H and O–H groups in total. The zero-order valence-electron chi connectivity index (χ0n) is 16.4. The molecule has 4 rings (SSSR count). The summed E-state index contributed by atoms with van der Waals surface area (Å²) in [6.07, 6.45) is 1.55. The third-order valence-electron chi connectivity index (χ3n) is 4.51. The first-order valence-electron chi connectivity index (χ1n) is 9.01. The number of hydrogen-bond donors (Lipinski definition) is 0. The summed E-state index contributed by atoms with van der Waals surface area (Å²) in [7, 11) is 1.63. The Morgan fingerprint density at radius 1 is 1.11 bits per heavy atom. The van der Waals surface area contributed by atoms with Crippen LogP contribution in [0.15, 0.2) is 39.7 Å². The maximum Gasteiger partial charge on any atom is 0.306 e. The molecule has 0 unspecified atom stereocenters. The van der Waals surface area contributed by atoms with Crippen molar-refractivity contribution in [2.75, 3.05) is 0 Å². The highest BCUT2D eigenvalue weighted by atomic mass is 16.5. The standard InChI is InChI=1S/C20H21N5O3/c1-11(2)25-18-16(10-21-25)19(26)24(5)20(23-18)28-15-8-6-14(7-9-15)17-12(3)22-13(4)27-17/h6-11H,1-5H3. The quantitative estimate of drug-likeness (QED) is 0.536. The number of fused-ring (bicyclic) bond motifs is 1. The lowest BCUT2D eigenvalue weighted by Crippen LogP contribution is -2.20. The summed E-state index contributed by atoms with van der Waals surface area (Å²) in [5.74, 6) is 1.93. The second-order valence-corrected chi connectivity index (χ2v) is 6.95. The zero-order chi connectivity index (χ0) is 20.0. The highest BCUT2D eigenvalue weighted by Gasteiger charge is 2.16. The fourth-order valence-corrected chi connectivity index (χ4v) is 3.10. The summed E-state index contributed by atoms with van der Waals surface area (Å²) in [5.41, 5.74) is 2.05. The van der Waals surface area contributed by atoms with Crippen LogP contribution in [0.5, 0.6) is 11.8 Å². The van der Waals surface area contributed by atoms with Crippen molar-refractivity contribution in [1.29, 1.82) is 0 Å². The number of benzene rings is 1. The molecule has 0 aliphatic heterocycles. The molecule has 0 atom stereocenters. The molecular formula is C20H21N5O3. The molecule has 8 nitrogen and oxygen atoms in total. The van der Waals surface area contributed by atoms with Gasteiger partial charge in [-0.25, -0.2) is 9.67 Å². The van der Waals surface area contributed by atoms with Crippen molar-refractivity contribution < 1.29 is 9.15 Å². The maximum atomic E-state index is 12.6. The number of rotatable bonds is 4. The SMILES string of the molecule is Cc1nc(C)c(-c2ccc(Oc3nc4c(cnn4C(C)C)c(=O)n3C)cc2)o1. The molecular weight excluding hydrogens is 358 g/mol. The van der Waals surface area contributed by atoms with Gasteiger partial charge >= 0.3 is 6.01 Å². The van der Waals surface area contributed by atoms with Crippen LogP contribution in [-0.4, -0.2) is 24.3 Å². The summed E-state index contributed by atoms with van der Waals surface area (Å²) in [4.78, 5) is 21.4. The largest absolute Gasteiger partial charge is 0.441 e. The fraction of sp³-hybridized carbons (Fsp3) is 0.300. The molecule has 0 saturated heterocycles. The van der Waals surface area contributed by atoms with Gasteiger partial charge in [0.1, 0.15) is 11.1 Å². The average molecular weight is 379 g/mol. The second kappa shape index (κ2) is 6.63. The minimum Gasteiger partial charge on any atom is -0.441 e. The summed E-state index contributed by atoms with van der Waals surface area (Å²) >= 11 is 0. The molecule has 1 aromatic carbocycles. The van der Waals surface area contributed by atoms with Crippen molar-refractivity contribution in [3.05, 3.63) is 52.4 Å². The van der Waals surface area contributed by atoms with Crippen molar-refractivity contribution in [2.45, 2.75) is 33.7 Å². The van der Waals surface area contributed by atoms with Gasteiger partial charge in [-0.3, -0.25) is 9.36 Å². The predicted octanol–water partition coefficient (Wildman–Crippen LogP) is 3.78. The molecule has 3 aromatic heterocycles. The Morgan fingerprint density at radius 3 is 2.43 bits per heavy atom. The van der Waals surface area contributed by atoms with Crippen molar-refractivity contribution in [3.63, 3.8) is 0 Å². The van der Waals surface area contributed by atoms with E-state index in [1.165, 1.54) is 4.57 Å². The van der Waals surface area contributed by atoms with E-state index in [0.29, 0.717) is 22.7 Å². The molecule has 3 heterocycles. The van der Waals surface area contributed by atoms with Crippen LogP contribution in [0.25, 0.3) is 22.4 Å². The molecule has 144 valence electrons. The minimum atomic E-state index is -0.198. The van der Waals surface area contributed by atoms with Crippen molar-refractivity contribution >= 4 is 11.0 Å². The first-order chi connectivity index (χ1) is 13.3. The van der Waals surface area contributed by atoms with E-state index in [9.17, 15) is 4.79 Å². The highest BCUT2D eigenvalue weighted by Crippen LogP contribution is 2.28. The molecule has 0 bridgehead atoms. The summed E-state index contributed by atoms with van der Waals surface area (Å²) in [5, 5.41) is 4.74. The summed E-state index contributed by atoms with van der Waals surface area (Å²) < 4.78 is 14.6. The molecule has 0 aliphatic rings. The van der Waals surface area contributed by atoms with Crippen LogP contribution in [0.3, 0.4) is 0 Å². The monoisotopic (exact) mass is 379 g/mol. The molecule has 28 heavy (non-hydrogen) atoms.